The predicted octanol–water partition coefficient (Wildman–Crippen LogP) is 2.47. The molecular formula is C17H29Cl2N3O. The van der Waals surface area contributed by atoms with Gasteiger partial charge >= 0.3 is 0 Å². The van der Waals surface area contributed by atoms with Gasteiger partial charge in [-0.05, 0) is 44.5 Å². The van der Waals surface area contributed by atoms with Gasteiger partial charge in [0.05, 0.1) is 0 Å². The summed E-state index contributed by atoms with van der Waals surface area (Å²) in [6.07, 6.45) is 2.89. The van der Waals surface area contributed by atoms with E-state index in [1.54, 1.807) is 0 Å². The van der Waals surface area contributed by atoms with E-state index in [2.05, 4.69) is 46.8 Å². The summed E-state index contributed by atoms with van der Waals surface area (Å²) in [4.78, 5) is 14.0. The Morgan fingerprint density at radius 3 is 2.70 bits per heavy atom. The summed E-state index contributed by atoms with van der Waals surface area (Å²) >= 11 is 0. The zero-order valence-electron chi connectivity index (χ0n) is 13.8. The minimum atomic E-state index is 0. The van der Waals surface area contributed by atoms with E-state index in [4.69, 9.17) is 0 Å². The molecule has 1 atom stereocenters. The van der Waals surface area contributed by atoms with Gasteiger partial charge in [0.2, 0.25) is 5.91 Å². The number of hydrogen-bond donors (Lipinski definition) is 2. The number of benzene rings is 1. The van der Waals surface area contributed by atoms with E-state index >= 15 is 0 Å². The normalized spacial score (nSPS) is 16.5. The summed E-state index contributed by atoms with van der Waals surface area (Å²) in [5, 5.41) is 6.36. The number of hydrogen-bond acceptors (Lipinski definition) is 3. The number of carbonyl (C=O) groups is 1. The van der Waals surface area contributed by atoms with E-state index in [1.165, 1.54) is 12.0 Å². The molecule has 0 radical (unpaired) electrons. The Labute approximate surface area is 152 Å². The summed E-state index contributed by atoms with van der Waals surface area (Å²) in [6.45, 7) is 4.71. The van der Waals surface area contributed by atoms with Crippen molar-refractivity contribution in [3.8, 4) is 0 Å². The minimum Gasteiger partial charge on any atom is -0.355 e. The number of amides is 1. The fourth-order valence-electron chi connectivity index (χ4n) is 2.74. The highest BCUT2D eigenvalue weighted by Gasteiger charge is 2.15. The van der Waals surface area contributed by atoms with Crippen molar-refractivity contribution in [3.63, 3.8) is 0 Å². The van der Waals surface area contributed by atoms with Crippen molar-refractivity contribution in [1.82, 2.24) is 15.5 Å². The second-order valence-electron chi connectivity index (χ2n) is 5.97. The molecule has 23 heavy (non-hydrogen) atoms. The lowest BCUT2D eigenvalue weighted by Gasteiger charge is -2.17. The van der Waals surface area contributed by atoms with Crippen molar-refractivity contribution in [1.29, 1.82) is 0 Å². The van der Waals surface area contributed by atoms with Crippen molar-refractivity contribution in [2.24, 2.45) is 5.92 Å². The van der Waals surface area contributed by atoms with E-state index in [-0.39, 0.29) is 30.7 Å². The summed E-state index contributed by atoms with van der Waals surface area (Å²) in [6, 6.07) is 10.4. The third-order valence-corrected chi connectivity index (χ3v) is 4.05. The Bertz CT molecular complexity index is 425. The number of halogens is 2. The molecule has 1 saturated heterocycles. The molecule has 0 aliphatic carbocycles. The first-order valence-corrected chi connectivity index (χ1v) is 7.94. The number of nitrogens with zero attached hydrogens (tertiary/aromatic N) is 1. The number of rotatable bonds is 8. The summed E-state index contributed by atoms with van der Waals surface area (Å²) in [5.41, 5.74) is 1.31. The Kier molecular flexibility index (Phi) is 12.1. The number of nitrogens with one attached hydrogen (secondary N) is 2. The molecule has 1 aromatic carbocycles. The lowest BCUT2D eigenvalue weighted by molar-refractivity contribution is -0.121. The van der Waals surface area contributed by atoms with Crippen LogP contribution in [0.3, 0.4) is 0 Å². The van der Waals surface area contributed by atoms with Gasteiger partial charge in [0.1, 0.15) is 0 Å². The molecule has 1 heterocycles. The van der Waals surface area contributed by atoms with Crippen LogP contribution in [0, 0.1) is 5.92 Å². The Balaban J connectivity index is 0.00000242. The van der Waals surface area contributed by atoms with Crippen molar-refractivity contribution in [2.75, 3.05) is 33.2 Å². The smallest absolute Gasteiger partial charge is 0.220 e. The van der Waals surface area contributed by atoms with Gasteiger partial charge in [0.15, 0.2) is 0 Å². The first-order valence-electron chi connectivity index (χ1n) is 7.94. The zero-order chi connectivity index (χ0) is 14.9. The number of likely N-dealkylation sites (N-methyl/N-ethyl adjacent to an activating group) is 1. The molecule has 2 rings (SSSR count). The van der Waals surface area contributed by atoms with Crippen LogP contribution in [-0.4, -0.2) is 44.0 Å². The second-order valence-corrected chi connectivity index (χ2v) is 5.97. The molecular weight excluding hydrogens is 333 g/mol. The average Bonchev–Trinajstić information content (AvgIpc) is 2.99. The van der Waals surface area contributed by atoms with Gasteiger partial charge in [-0.25, -0.2) is 0 Å². The van der Waals surface area contributed by atoms with Crippen LogP contribution >= 0.6 is 24.8 Å². The molecule has 6 heteroatoms. The molecule has 1 aliphatic heterocycles. The summed E-state index contributed by atoms with van der Waals surface area (Å²) in [7, 11) is 2.09. The van der Waals surface area contributed by atoms with E-state index in [9.17, 15) is 4.79 Å². The first kappa shape index (κ1) is 22.2. The standard InChI is InChI=1S/C17H27N3O.2ClH/c1-20(14-16-5-3-2-4-6-16)12-11-19-17(21)8-7-15-9-10-18-13-15;;/h2-6,15,18H,7-14H2,1H3,(H,19,21);2*1H. The second kappa shape index (κ2) is 12.6. The first-order chi connectivity index (χ1) is 10.2. The lowest BCUT2D eigenvalue weighted by atomic mass is 10.0. The molecule has 1 amide bonds. The van der Waals surface area contributed by atoms with E-state index in [0.717, 1.165) is 39.1 Å². The molecule has 1 aliphatic rings. The van der Waals surface area contributed by atoms with Gasteiger partial charge < -0.3 is 15.5 Å². The molecule has 1 unspecified atom stereocenters. The highest BCUT2D eigenvalue weighted by Crippen LogP contribution is 2.13. The van der Waals surface area contributed by atoms with Crippen LogP contribution in [0.25, 0.3) is 0 Å². The van der Waals surface area contributed by atoms with Gasteiger partial charge in [-0.3, -0.25) is 4.79 Å². The fraction of sp³-hybridized carbons (Fsp3) is 0.588. The molecule has 132 valence electrons. The maximum absolute atomic E-state index is 11.8. The molecule has 0 aromatic heterocycles. The molecule has 2 N–H and O–H groups in total. The summed E-state index contributed by atoms with van der Waals surface area (Å²) < 4.78 is 0. The maximum Gasteiger partial charge on any atom is 0.220 e. The molecule has 4 nitrogen and oxygen atoms in total. The van der Waals surface area contributed by atoms with Crippen molar-refractivity contribution < 1.29 is 4.79 Å². The third kappa shape index (κ3) is 9.16. The van der Waals surface area contributed by atoms with Gasteiger partial charge in [-0.15, -0.1) is 24.8 Å². The number of carbonyl (C=O) groups excluding carboxylic acids is 1. The van der Waals surface area contributed by atoms with Crippen LogP contribution in [0.1, 0.15) is 24.8 Å². The van der Waals surface area contributed by atoms with Crippen LogP contribution in [0.5, 0.6) is 0 Å². The van der Waals surface area contributed by atoms with Crippen LogP contribution in [0.2, 0.25) is 0 Å². The molecule has 0 bridgehead atoms. The van der Waals surface area contributed by atoms with E-state index in [0.29, 0.717) is 12.3 Å². The zero-order valence-corrected chi connectivity index (χ0v) is 15.4. The van der Waals surface area contributed by atoms with Crippen molar-refractivity contribution in [2.45, 2.75) is 25.8 Å². The lowest BCUT2D eigenvalue weighted by Crippen LogP contribution is -2.32. The topological polar surface area (TPSA) is 44.4 Å². The predicted molar refractivity (Wildman–Crippen MR) is 100 cm³/mol. The average molecular weight is 362 g/mol. The quantitative estimate of drug-likeness (QED) is 0.747. The fourth-order valence-corrected chi connectivity index (χ4v) is 2.74. The highest BCUT2D eigenvalue weighted by molar-refractivity contribution is 5.85. The van der Waals surface area contributed by atoms with Gasteiger partial charge in [-0.1, -0.05) is 30.3 Å². The van der Waals surface area contributed by atoms with Crippen LogP contribution in [0.15, 0.2) is 30.3 Å². The summed E-state index contributed by atoms with van der Waals surface area (Å²) in [5.74, 6) is 0.881. The SMILES string of the molecule is CN(CCNC(=O)CCC1CCNC1)Cc1ccccc1.Cl.Cl. The molecule has 1 aromatic rings. The van der Waals surface area contributed by atoms with Crippen LogP contribution < -0.4 is 10.6 Å². The highest BCUT2D eigenvalue weighted by atomic mass is 35.5. The Hall–Kier alpha value is -0.810. The van der Waals surface area contributed by atoms with E-state index < -0.39 is 0 Å². The molecule has 0 saturated carbocycles. The minimum absolute atomic E-state index is 0. The van der Waals surface area contributed by atoms with Gasteiger partial charge in [0, 0.05) is 26.1 Å². The Morgan fingerprint density at radius 2 is 2.04 bits per heavy atom. The van der Waals surface area contributed by atoms with Crippen LogP contribution in [0.4, 0.5) is 0 Å². The van der Waals surface area contributed by atoms with Crippen molar-refractivity contribution in [3.05, 3.63) is 35.9 Å². The monoisotopic (exact) mass is 361 g/mol. The maximum atomic E-state index is 11.8. The largest absolute Gasteiger partial charge is 0.355 e. The Morgan fingerprint density at radius 1 is 1.30 bits per heavy atom. The molecule has 0 spiro atoms. The van der Waals surface area contributed by atoms with Gasteiger partial charge in [0.25, 0.3) is 0 Å². The van der Waals surface area contributed by atoms with Crippen LogP contribution in [-0.2, 0) is 11.3 Å². The van der Waals surface area contributed by atoms with E-state index in [1.807, 2.05) is 6.07 Å². The van der Waals surface area contributed by atoms with Crippen molar-refractivity contribution >= 4 is 30.7 Å². The third-order valence-electron chi connectivity index (χ3n) is 4.05. The van der Waals surface area contributed by atoms with Gasteiger partial charge in [-0.2, -0.15) is 0 Å². The molecule has 1 fully saturated rings.